The zero-order valence-corrected chi connectivity index (χ0v) is 16.3. The largest absolute Gasteiger partial charge is 0.385 e. The van der Waals surface area contributed by atoms with Gasteiger partial charge >= 0.3 is 0 Å². The van der Waals surface area contributed by atoms with Gasteiger partial charge in [-0.25, -0.2) is 4.68 Å². The lowest BCUT2D eigenvalue weighted by atomic mass is 10.1. The fraction of sp³-hybridized carbons (Fsp3) is 0.200. The number of carbonyl (C=O) groups is 1. The number of benzene rings is 2. The normalized spacial score (nSPS) is 10.8. The van der Waals surface area contributed by atoms with Crippen LogP contribution in [0.15, 0.2) is 54.6 Å². The van der Waals surface area contributed by atoms with Crippen molar-refractivity contribution in [3.63, 3.8) is 0 Å². The van der Waals surface area contributed by atoms with Crippen molar-refractivity contribution in [3.8, 4) is 16.9 Å². The number of hydrogen-bond acceptors (Lipinski definition) is 3. The third-order valence-electron chi connectivity index (χ3n) is 3.96. The first-order chi connectivity index (χ1) is 13.1. The van der Waals surface area contributed by atoms with Gasteiger partial charge in [-0.1, -0.05) is 47.5 Å². The standard InChI is InChI=1S/C20H19Cl2N3O2/c1-27-11-5-10-23-20(26)19-13-18(16-8-2-3-9-17(16)22)24-25(19)15-7-4-6-14(21)12-15/h2-4,6-9,12-13H,5,10-11H2,1H3,(H,23,26). The number of hydrogen-bond donors (Lipinski definition) is 1. The summed E-state index contributed by atoms with van der Waals surface area (Å²) in [7, 11) is 1.63. The molecule has 0 aliphatic rings. The summed E-state index contributed by atoms with van der Waals surface area (Å²) >= 11 is 12.4. The highest BCUT2D eigenvalue weighted by atomic mass is 35.5. The summed E-state index contributed by atoms with van der Waals surface area (Å²) in [6, 6.07) is 16.3. The Bertz CT molecular complexity index is 940. The van der Waals surface area contributed by atoms with Crippen LogP contribution in [0.1, 0.15) is 16.9 Å². The summed E-state index contributed by atoms with van der Waals surface area (Å²) in [6.07, 6.45) is 0.727. The Labute approximate surface area is 167 Å². The maximum Gasteiger partial charge on any atom is 0.270 e. The van der Waals surface area contributed by atoms with Gasteiger partial charge in [0.2, 0.25) is 0 Å². The predicted octanol–water partition coefficient (Wildman–Crippen LogP) is 4.61. The lowest BCUT2D eigenvalue weighted by molar-refractivity contribution is 0.0941. The number of rotatable bonds is 7. The number of nitrogens with one attached hydrogen (secondary N) is 1. The Kier molecular flexibility index (Phi) is 6.50. The topological polar surface area (TPSA) is 56.1 Å². The smallest absolute Gasteiger partial charge is 0.270 e. The monoisotopic (exact) mass is 403 g/mol. The third-order valence-corrected chi connectivity index (χ3v) is 4.52. The number of methoxy groups -OCH3 is 1. The van der Waals surface area contributed by atoms with Gasteiger partial charge in [-0.05, 0) is 36.8 Å². The minimum Gasteiger partial charge on any atom is -0.385 e. The molecule has 5 nitrogen and oxygen atoms in total. The number of carbonyl (C=O) groups excluding carboxylic acids is 1. The number of amides is 1. The molecule has 3 rings (SSSR count). The van der Waals surface area contributed by atoms with Crippen molar-refractivity contribution in [2.75, 3.05) is 20.3 Å². The van der Waals surface area contributed by atoms with Crippen LogP contribution in [-0.2, 0) is 4.74 Å². The van der Waals surface area contributed by atoms with Crippen molar-refractivity contribution in [1.29, 1.82) is 0 Å². The molecule has 1 amide bonds. The van der Waals surface area contributed by atoms with Gasteiger partial charge in [-0.15, -0.1) is 0 Å². The average molecular weight is 404 g/mol. The second-order valence-corrected chi connectivity index (χ2v) is 6.73. The first-order valence-electron chi connectivity index (χ1n) is 8.48. The number of nitrogens with zero attached hydrogens (tertiary/aromatic N) is 2. The van der Waals surface area contributed by atoms with Crippen molar-refractivity contribution in [2.24, 2.45) is 0 Å². The Balaban J connectivity index is 1.99. The van der Waals surface area contributed by atoms with Gasteiger partial charge in [0.1, 0.15) is 5.69 Å². The molecule has 0 aliphatic carbocycles. The molecule has 0 saturated carbocycles. The van der Waals surface area contributed by atoms with Crippen molar-refractivity contribution in [3.05, 3.63) is 70.3 Å². The SMILES string of the molecule is COCCCNC(=O)c1cc(-c2ccccc2Cl)nn1-c1cccc(Cl)c1. The molecule has 0 unspecified atom stereocenters. The maximum absolute atomic E-state index is 12.7. The zero-order chi connectivity index (χ0) is 19.2. The molecular formula is C20H19Cl2N3O2. The summed E-state index contributed by atoms with van der Waals surface area (Å²) in [6.45, 7) is 1.09. The lowest BCUT2D eigenvalue weighted by Gasteiger charge is -2.08. The fourth-order valence-corrected chi connectivity index (χ4v) is 3.07. The summed E-state index contributed by atoms with van der Waals surface area (Å²) in [5, 5.41) is 8.63. The van der Waals surface area contributed by atoms with Crippen molar-refractivity contribution < 1.29 is 9.53 Å². The molecule has 1 heterocycles. The van der Waals surface area contributed by atoms with Crippen LogP contribution < -0.4 is 5.32 Å². The highest BCUT2D eigenvalue weighted by molar-refractivity contribution is 6.33. The molecule has 2 aromatic carbocycles. The molecular weight excluding hydrogens is 385 g/mol. The first kappa shape index (κ1) is 19.4. The molecule has 0 fully saturated rings. The van der Waals surface area contributed by atoms with Crippen LogP contribution in [0.2, 0.25) is 10.0 Å². The summed E-state index contributed by atoms with van der Waals surface area (Å²) in [5.74, 6) is -0.225. The van der Waals surface area contributed by atoms with Crippen LogP contribution in [0.3, 0.4) is 0 Å². The molecule has 1 aromatic heterocycles. The highest BCUT2D eigenvalue weighted by Gasteiger charge is 2.18. The summed E-state index contributed by atoms with van der Waals surface area (Å²) in [4.78, 5) is 12.7. The van der Waals surface area contributed by atoms with E-state index >= 15 is 0 Å². The second kappa shape index (κ2) is 9.04. The van der Waals surface area contributed by atoms with Crippen LogP contribution in [0.25, 0.3) is 16.9 Å². The van der Waals surface area contributed by atoms with Gasteiger partial charge in [0.15, 0.2) is 0 Å². The molecule has 1 N–H and O–H groups in total. The van der Waals surface area contributed by atoms with Crippen LogP contribution >= 0.6 is 23.2 Å². The van der Waals surface area contributed by atoms with Crippen LogP contribution in [0.5, 0.6) is 0 Å². The van der Waals surface area contributed by atoms with Gasteiger partial charge < -0.3 is 10.1 Å². The highest BCUT2D eigenvalue weighted by Crippen LogP contribution is 2.28. The molecule has 0 spiro atoms. The van der Waals surface area contributed by atoms with E-state index in [1.807, 2.05) is 30.3 Å². The van der Waals surface area contributed by atoms with E-state index in [4.69, 9.17) is 27.9 Å². The molecule has 0 aliphatic heterocycles. The van der Waals surface area contributed by atoms with Gasteiger partial charge in [0.25, 0.3) is 5.91 Å². The fourth-order valence-electron chi connectivity index (χ4n) is 2.66. The van der Waals surface area contributed by atoms with E-state index < -0.39 is 0 Å². The van der Waals surface area contributed by atoms with E-state index in [0.717, 1.165) is 12.0 Å². The molecule has 140 valence electrons. The minimum absolute atomic E-state index is 0.225. The van der Waals surface area contributed by atoms with Gasteiger partial charge in [0.05, 0.1) is 16.4 Å². The Morgan fingerprint density at radius 1 is 1.15 bits per heavy atom. The van der Waals surface area contributed by atoms with Crippen LogP contribution in [-0.4, -0.2) is 35.9 Å². The average Bonchev–Trinajstić information content (AvgIpc) is 3.11. The van der Waals surface area contributed by atoms with Gasteiger partial charge in [-0.3, -0.25) is 4.79 Å². The molecule has 0 atom stereocenters. The van der Waals surface area contributed by atoms with E-state index in [1.54, 1.807) is 36.1 Å². The minimum atomic E-state index is -0.225. The maximum atomic E-state index is 12.7. The third kappa shape index (κ3) is 4.69. The van der Waals surface area contributed by atoms with E-state index in [2.05, 4.69) is 10.4 Å². The Hall–Kier alpha value is -2.34. The predicted molar refractivity (Wildman–Crippen MR) is 108 cm³/mol. The van der Waals surface area contributed by atoms with Crippen molar-refractivity contribution in [1.82, 2.24) is 15.1 Å². The van der Waals surface area contributed by atoms with E-state index in [9.17, 15) is 4.79 Å². The molecule has 0 saturated heterocycles. The molecule has 7 heteroatoms. The number of halogens is 2. The van der Waals surface area contributed by atoms with Crippen LogP contribution in [0, 0.1) is 0 Å². The molecule has 27 heavy (non-hydrogen) atoms. The van der Waals surface area contributed by atoms with E-state index in [0.29, 0.717) is 40.3 Å². The Morgan fingerprint density at radius 2 is 1.96 bits per heavy atom. The van der Waals surface area contributed by atoms with E-state index in [1.165, 1.54) is 0 Å². The number of aromatic nitrogens is 2. The van der Waals surface area contributed by atoms with Crippen molar-refractivity contribution in [2.45, 2.75) is 6.42 Å². The van der Waals surface area contributed by atoms with Gasteiger partial charge in [0, 0.05) is 30.8 Å². The summed E-state index contributed by atoms with van der Waals surface area (Å²) < 4.78 is 6.59. The quantitative estimate of drug-likeness (QED) is 0.585. The first-order valence-corrected chi connectivity index (χ1v) is 9.24. The van der Waals surface area contributed by atoms with Gasteiger partial charge in [-0.2, -0.15) is 5.10 Å². The number of ether oxygens (including phenoxy) is 1. The second-order valence-electron chi connectivity index (χ2n) is 5.89. The lowest BCUT2D eigenvalue weighted by Crippen LogP contribution is -2.27. The Morgan fingerprint density at radius 3 is 2.70 bits per heavy atom. The van der Waals surface area contributed by atoms with Crippen molar-refractivity contribution >= 4 is 29.1 Å². The van der Waals surface area contributed by atoms with E-state index in [-0.39, 0.29) is 5.91 Å². The zero-order valence-electron chi connectivity index (χ0n) is 14.8. The molecule has 0 bridgehead atoms. The summed E-state index contributed by atoms with van der Waals surface area (Å²) in [5.41, 5.74) is 2.48. The van der Waals surface area contributed by atoms with Crippen LogP contribution in [0.4, 0.5) is 0 Å². The molecule has 0 radical (unpaired) electrons. The molecule has 3 aromatic rings.